The van der Waals surface area contributed by atoms with Gasteiger partial charge in [-0.1, -0.05) is 27.7 Å². The van der Waals surface area contributed by atoms with Gasteiger partial charge >= 0.3 is 0 Å². The van der Waals surface area contributed by atoms with Crippen molar-refractivity contribution in [2.75, 3.05) is 0 Å². The van der Waals surface area contributed by atoms with Gasteiger partial charge in [-0.05, 0) is 116 Å². The molecule has 4 aliphatic rings. The Balaban J connectivity index is 1.51. The summed E-state index contributed by atoms with van der Waals surface area (Å²) >= 11 is 0. The van der Waals surface area contributed by atoms with E-state index in [1.54, 1.807) is 0 Å². The third-order valence-electron chi connectivity index (χ3n) is 10.5. The number of carboxylic acids is 1. The maximum absolute atomic E-state index is 11.3. The van der Waals surface area contributed by atoms with E-state index in [-0.39, 0.29) is 12.0 Å². The lowest BCUT2D eigenvalue weighted by atomic mass is 9.44. The Kier molecular flexibility index (Phi) is 5.39. The Hall–Kier alpha value is -0.570. The van der Waals surface area contributed by atoms with Crippen LogP contribution in [0.3, 0.4) is 0 Å². The fourth-order valence-corrected chi connectivity index (χ4v) is 9.03. The van der Waals surface area contributed by atoms with Gasteiger partial charge in [-0.3, -0.25) is 0 Å². The highest BCUT2D eigenvalue weighted by atomic mass is 16.4. The molecule has 28 heavy (non-hydrogen) atoms. The number of carboxylic acid groups (broad SMARTS) is 1. The number of rotatable bonds is 4. The molecule has 0 aromatic heterocycles. The van der Waals surface area contributed by atoms with E-state index in [1.165, 1.54) is 44.9 Å². The molecule has 3 nitrogen and oxygen atoms in total. The monoisotopic (exact) mass is 389 g/mol. The number of aliphatic hydroxyl groups excluding tert-OH is 1. The molecule has 0 radical (unpaired) electrons. The van der Waals surface area contributed by atoms with E-state index >= 15 is 0 Å². The van der Waals surface area contributed by atoms with Crippen molar-refractivity contribution in [1.29, 1.82) is 0 Å². The molecule has 4 saturated carbocycles. The van der Waals surface area contributed by atoms with E-state index in [0.717, 1.165) is 42.9 Å². The lowest BCUT2D eigenvalue weighted by molar-refractivity contribution is -0.311. The van der Waals surface area contributed by atoms with Gasteiger partial charge < -0.3 is 15.0 Å². The molecule has 160 valence electrons. The summed E-state index contributed by atoms with van der Waals surface area (Å²) in [5.41, 5.74) is 0.834. The summed E-state index contributed by atoms with van der Waals surface area (Å²) in [6, 6.07) is 0. The first-order chi connectivity index (χ1) is 13.2. The minimum Gasteiger partial charge on any atom is -0.550 e. The van der Waals surface area contributed by atoms with E-state index in [1.807, 2.05) is 6.92 Å². The standard InChI is InChI=1S/C25H42O3/c1-15(13-16(2)23(27)28)20-7-8-21-19-6-5-17-14-18(26)9-11-24(17,3)22(19)10-12-25(20,21)4/h15-22,26H,5-14H2,1-4H3,(H,27,28)/p-1/t15-,16+,17-,18-,19?,20-,21?,22?,24+,25-/m1/s1. The summed E-state index contributed by atoms with van der Waals surface area (Å²) in [4.78, 5) is 11.3. The van der Waals surface area contributed by atoms with E-state index < -0.39 is 5.97 Å². The molecule has 0 aromatic carbocycles. The molecule has 0 aliphatic heterocycles. The van der Waals surface area contributed by atoms with Crippen LogP contribution in [-0.4, -0.2) is 17.2 Å². The topological polar surface area (TPSA) is 60.4 Å². The SMILES string of the molecule is C[C@H](C[C@H](C)C(=O)[O-])[C@H]1CCC2C3CC[C@@H]4C[C@H](O)CC[C@]4(C)C3CC[C@@]21C. The maximum Gasteiger partial charge on any atom is 0.0543 e. The van der Waals surface area contributed by atoms with Crippen LogP contribution in [0.15, 0.2) is 0 Å². The van der Waals surface area contributed by atoms with Gasteiger partial charge in [0.15, 0.2) is 0 Å². The summed E-state index contributed by atoms with van der Waals surface area (Å²) < 4.78 is 0. The van der Waals surface area contributed by atoms with Gasteiger partial charge in [0.05, 0.1) is 6.10 Å². The van der Waals surface area contributed by atoms with Crippen molar-refractivity contribution in [3.8, 4) is 0 Å². The summed E-state index contributed by atoms with van der Waals surface area (Å²) in [5.74, 6) is 3.15. The number of hydrogen-bond donors (Lipinski definition) is 1. The van der Waals surface area contributed by atoms with Gasteiger partial charge in [0.25, 0.3) is 0 Å². The molecule has 3 unspecified atom stereocenters. The minimum absolute atomic E-state index is 0.0640. The van der Waals surface area contributed by atoms with E-state index in [2.05, 4.69) is 20.8 Å². The molecule has 10 atom stereocenters. The first kappa shape index (κ1) is 20.7. The molecule has 0 heterocycles. The van der Waals surface area contributed by atoms with Crippen LogP contribution in [0.1, 0.15) is 91.9 Å². The summed E-state index contributed by atoms with van der Waals surface area (Å²) in [7, 11) is 0. The normalized spacial score (nSPS) is 50.2. The first-order valence-electron chi connectivity index (χ1n) is 12.1. The minimum atomic E-state index is -0.888. The van der Waals surface area contributed by atoms with Crippen molar-refractivity contribution in [3.05, 3.63) is 0 Å². The number of fused-ring (bicyclic) bond motifs is 5. The smallest absolute Gasteiger partial charge is 0.0543 e. The maximum atomic E-state index is 11.3. The highest BCUT2D eigenvalue weighted by Crippen LogP contribution is 2.68. The third kappa shape index (κ3) is 3.15. The molecule has 4 aliphatic carbocycles. The lowest BCUT2D eigenvalue weighted by Crippen LogP contribution is -2.54. The van der Waals surface area contributed by atoms with Gasteiger partial charge in [0, 0.05) is 5.97 Å². The Morgan fingerprint density at radius 2 is 1.68 bits per heavy atom. The van der Waals surface area contributed by atoms with Crippen molar-refractivity contribution >= 4 is 5.97 Å². The number of carbonyl (C=O) groups is 1. The van der Waals surface area contributed by atoms with E-state index in [4.69, 9.17) is 0 Å². The summed E-state index contributed by atoms with van der Waals surface area (Å²) in [5, 5.41) is 21.5. The van der Waals surface area contributed by atoms with Gasteiger partial charge in [-0.25, -0.2) is 0 Å². The Labute approximate surface area is 171 Å². The zero-order valence-electron chi connectivity index (χ0n) is 18.5. The number of aliphatic hydroxyl groups is 1. The second-order valence-electron chi connectivity index (χ2n) is 11.7. The van der Waals surface area contributed by atoms with Crippen LogP contribution in [0.2, 0.25) is 0 Å². The average Bonchev–Trinajstić information content (AvgIpc) is 2.99. The van der Waals surface area contributed by atoms with Crippen LogP contribution in [0.5, 0.6) is 0 Å². The van der Waals surface area contributed by atoms with Gasteiger partial charge in [-0.2, -0.15) is 0 Å². The van der Waals surface area contributed by atoms with Gasteiger partial charge in [0.1, 0.15) is 0 Å². The average molecular weight is 390 g/mol. The second-order valence-corrected chi connectivity index (χ2v) is 11.7. The van der Waals surface area contributed by atoms with E-state index in [9.17, 15) is 15.0 Å². The Morgan fingerprint density at radius 3 is 2.39 bits per heavy atom. The zero-order valence-corrected chi connectivity index (χ0v) is 18.5. The Bertz CT molecular complexity index is 603. The largest absolute Gasteiger partial charge is 0.550 e. The molecule has 0 aromatic rings. The van der Waals surface area contributed by atoms with Crippen LogP contribution in [0.25, 0.3) is 0 Å². The van der Waals surface area contributed by atoms with Crippen LogP contribution < -0.4 is 5.11 Å². The predicted molar refractivity (Wildman–Crippen MR) is 109 cm³/mol. The summed E-state index contributed by atoms with van der Waals surface area (Å²) in [6.45, 7) is 9.21. The molecule has 0 spiro atoms. The number of aliphatic carboxylic acids is 1. The molecule has 3 heteroatoms. The quantitative estimate of drug-likeness (QED) is 0.774. The number of carbonyl (C=O) groups excluding carboxylic acids is 1. The molecule has 4 rings (SSSR count). The van der Waals surface area contributed by atoms with Crippen molar-refractivity contribution in [2.45, 2.75) is 98.0 Å². The molecule has 0 amide bonds. The number of hydrogen-bond acceptors (Lipinski definition) is 3. The molecular formula is C25H41O3-. The van der Waals surface area contributed by atoms with Crippen molar-refractivity contribution in [2.24, 2.45) is 52.3 Å². The molecule has 1 N–H and O–H groups in total. The van der Waals surface area contributed by atoms with Crippen molar-refractivity contribution < 1.29 is 15.0 Å². The highest BCUT2D eigenvalue weighted by molar-refractivity contribution is 5.67. The van der Waals surface area contributed by atoms with Crippen molar-refractivity contribution in [3.63, 3.8) is 0 Å². The molecular weight excluding hydrogens is 348 g/mol. The Morgan fingerprint density at radius 1 is 1.00 bits per heavy atom. The molecule has 0 bridgehead atoms. The highest BCUT2D eigenvalue weighted by Gasteiger charge is 2.60. The molecule has 0 saturated heterocycles. The van der Waals surface area contributed by atoms with Crippen LogP contribution >= 0.6 is 0 Å². The predicted octanol–water partition coefficient (Wildman–Crippen LogP) is 4.42. The second kappa shape index (κ2) is 7.29. The fourth-order valence-electron chi connectivity index (χ4n) is 9.03. The van der Waals surface area contributed by atoms with Crippen LogP contribution in [-0.2, 0) is 4.79 Å². The van der Waals surface area contributed by atoms with Crippen LogP contribution in [0.4, 0.5) is 0 Å². The van der Waals surface area contributed by atoms with Gasteiger partial charge in [0.2, 0.25) is 0 Å². The van der Waals surface area contributed by atoms with E-state index in [0.29, 0.717) is 22.7 Å². The summed E-state index contributed by atoms with van der Waals surface area (Å²) in [6.07, 6.45) is 11.9. The zero-order chi connectivity index (χ0) is 20.3. The third-order valence-corrected chi connectivity index (χ3v) is 10.5. The lowest BCUT2D eigenvalue weighted by Gasteiger charge is -2.61. The van der Waals surface area contributed by atoms with Crippen LogP contribution in [0, 0.1) is 52.3 Å². The first-order valence-corrected chi connectivity index (χ1v) is 12.1. The molecule has 4 fully saturated rings. The van der Waals surface area contributed by atoms with Gasteiger partial charge in [-0.15, -0.1) is 0 Å². The fraction of sp³-hybridized carbons (Fsp3) is 0.960. The van der Waals surface area contributed by atoms with Crippen molar-refractivity contribution in [1.82, 2.24) is 0 Å².